The molecule has 1 saturated heterocycles. The fraction of sp³-hybridized carbons (Fsp3) is 0.389. The van der Waals surface area contributed by atoms with Crippen LogP contribution in [0.2, 0.25) is 0 Å². The van der Waals surface area contributed by atoms with E-state index in [1.54, 1.807) is 31.2 Å². The maximum Gasteiger partial charge on any atom is 0.339 e. The molecule has 8 heteroatoms. The van der Waals surface area contributed by atoms with Crippen molar-refractivity contribution in [2.75, 3.05) is 20.2 Å². The minimum absolute atomic E-state index is 0.150. The van der Waals surface area contributed by atoms with Crippen LogP contribution in [0.1, 0.15) is 17.7 Å². The molecule has 1 aliphatic rings. The molecular weight excluding hydrogens is 358 g/mol. The third-order valence-corrected chi connectivity index (χ3v) is 6.10. The molecular formula is C18H21NO6S. The van der Waals surface area contributed by atoms with Crippen molar-refractivity contribution in [3.63, 3.8) is 0 Å². The summed E-state index contributed by atoms with van der Waals surface area (Å²) < 4.78 is 43.3. The summed E-state index contributed by atoms with van der Waals surface area (Å²) in [5.74, 6) is 1.15. The Hall–Kier alpha value is -2.32. The lowest BCUT2D eigenvalue weighted by Gasteiger charge is -2.19. The Morgan fingerprint density at radius 2 is 1.96 bits per heavy atom. The van der Waals surface area contributed by atoms with Gasteiger partial charge in [0, 0.05) is 12.6 Å². The maximum atomic E-state index is 13.0. The van der Waals surface area contributed by atoms with Crippen LogP contribution in [-0.4, -0.2) is 39.0 Å². The molecule has 0 radical (unpaired) electrons. The number of aryl methyl sites for hydroxylation is 2. The van der Waals surface area contributed by atoms with Gasteiger partial charge in [0.15, 0.2) is 0 Å². The van der Waals surface area contributed by atoms with Crippen LogP contribution in [0, 0.1) is 13.8 Å². The lowest BCUT2D eigenvalue weighted by atomic mass is 10.2. The second-order valence-electron chi connectivity index (χ2n) is 6.27. The van der Waals surface area contributed by atoms with Crippen molar-refractivity contribution >= 4 is 10.0 Å². The van der Waals surface area contributed by atoms with Crippen LogP contribution in [0.3, 0.4) is 0 Å². The molecule has 3 rings (SSSR count). The third kappa shape index (κ3) is 3.76. The Bertz CT molecular complexity index is 966. The van der Waals surface area contributed by atoms with Crippen molar-refractivity contribution in [1.29, 1.82) is 0 Å². The van der Waals surface area contributed by atoms with E-state index in [1.165, 1.54) is 17.5 Å². The van der Waals surface area contributed by atoms with Crippen LogP contribution >= 0.6 is 0 Å². The third-order valence-electron chi connectivity index (χ3n) is 4.21. The van der Waals surface area contributed by atoms with E-state index in [2.05, 4.69) is 0 Å². The molecule has 0 N–H and O–H groups in total. The van der Waals surface area contributed by atoms with Gasteiger partial charge in [-0.1, -0.05) is 6.07 Å². The molecule has 26 heavy (non-hydrogen) atoms. The van der Waals surface area contributed by atoms with E-state index in [-0.39, 0.29) is 17.5 Å². The minimum atomic E-state index is -3.70. The van der Waals surface area contributed by atoms with Gasteiger partial charge in [0.25, 0.3) is 0 Å². The summed E-state index contributed by atoms with van der Waals surface area (Å²) in [5, 5.41) is 0. The predicted octanol–water partition coefficient (Wildman–Crippen LogP) is 2.11. The van der Waals surface area contributed by atoms with Gasteiger partial charge in [-0.05, 0) is 38.0 Å². The largest absolute Gasteiger partial charge is 0.495 e. The second-order valence-corrected chi connectivity index (χ2v) is 8.18. The topological polar surface area (TPSA) is 86.1 Å². The molecule has 0 bridgehead atoms. The van der Waals surface area contributed by atoms with Gasteiger partial charge in [0.2, 0.25) is 10.0 Å². The molecule has 140 valence electrons. The van der Waals surface area contributed by atoms with E-state index >= 15 is 0 Å². The summed E-state index contributed by atoms with van der Waals surface area (Å²) in [4.78, 5) is 11.6. The number of sulfonamides is 1. The molecule has 1 aromatic heterocycles. The van der Waals surface area contributed by atoms with Crippen molar-refractivity contribution in [3.8, 4) is 11.5 Å². The molecule has 2 heterocycles. The Balaban J connectivity index is 1.79. The molecule has 2 aromatic rings. The van der Waals surface area contributed by atoms with Crippen molar-refractivity contribution in [2.24, 2.45) is 0 Å². The Morgan fingerprint density at radius 1 is 1.19 bits per heavy atom. The quantitative estimate of drug-likeness (QED) is 0.791. The summed E-state index contributed by atoms with van der Waals surface area (Å²) in [6.07, 6.45) is 0.203. The molecule has 1 aromatic carbocycles. The van der Waals surface area contributed by atoms with Gasteiger partial charge in [-0.15, -0.1) is 0 Å². The van der Waals surface area contributed by atoms with E-state index in [1.807, 2.05) is 6.92 Å². The Morgan fingerprint density at radius 3 is 2.65 bits per heavy atom. The highest BCUT2D eigenvalue weighted by Crippen LogP contribution is 2.30. The minimum Gasteiger partial charge on any atom is -0.495 e. The van der Waals surface area contributed by atoms with Crippen LogP contribution in [0.25, 0.3) is 0 Å². The molecule has 0 spiro atoms. The number of hydrogen-bond acceptors (Lipinski definition) is 6. The highest BCUT2D eigenvalue weighted by Gasteiger charge is 2.35. The number of methoxy groups -OCH3 is 1. The average Bonchev–Trinajstić information content (AvgIpc) is 3.03. The van der Waals surface area contributed by atoms with Gasteiger partial charge in [0.05, 0.1) is 19.7 Å². The van der Waals surface area contributed by atoms with E-state index in [4.69, 9.17) is 13.9 Å². The number of ether oxygens (including phenoxy) is 2. The average molecular weight is 379 g/mol. The number of nitrogens with zero attached hydrogens (tertiary/aromatic N) is 1. The summed E-state index contributed by atoms with van der Waals surface area (Å²) >= 11 is 0. The summed E-state index contributed by atoms with van der Waals surface area (Å²) in [5.41, 5.74) is 0.342. The highest BCUT2D eigenvalue weighted by atomic mass is 32.2. The van der Waals surface area contributed by atoms with E-state index in [0.29, 0.717) is 30.2 Å². The standard InChI is InChI=1S/C18H21NO6S/c1-12-4-5-16(23-3)17(8-12)26(21,22)19-7-6-14(11-19)25-15-9-13(2)24-18(20)10-15/h4-5,8-10,14H,6-7,11H2,1-3H3. The van der Waals surface area contributed by atoms with Crippen LogP contribution in [-0.2, 0) is 10.0 Å². The van der Waals surface area contributed by atoms with Crippen molar-refractivity contribution in [2.45, 2.75) is 31.3 Å². The summed E-state index contributed by atoms with van der Waals surface area (Å²) in [6.45, 7) is 4.03. The smallest absolute Gasteiger partial charge is 0.339 e. The zero-order valence-electron chi connectivity index (χ0n) is 14.9. The van der Waals surface area contributed by atoms with Crippen LogP contribution in [0.15, 0.2) is 44.4 Å². The van der Waals surface area contributed by atoms with Gasteiger partial charge >= 0.3 is 5.63 Å². The number of benzene rings is 1. The first kappa shape index (κ1) is 18.5. The van der Waals surface area contributed by atoms with Gasteiger partial charge in [-0.2, -0.15) is 4.31 Å². The molecule has 1 aliphatic heterocycles. The molecule has 0 aliphatic carbocycles. The normalized spacial score (nSPS) is 18.0. The number of hydrogen-bond donors (Lipinski definition) is 0. The molecule has 1 atom stereocenters. The highest BCUT2D eigenvalue weighted by molar-refractivity contribution is 7.89. The Labute approximate surface area is 152 Å². The van der Waals surface area contributed by atoms with Gasteiger partial charge in [0.1, 0.15) is 28.3 Å². The van der Waals surface area contributed by atoms with E-state index in [0.717, 1.165) is 5.56 Å². The predicted molar refractivity (Wildman–Crippen MR) is 95.2 cm³/mol. The molecule has 0 saturated carbocycles. The van der Waals surface area contributed by atoms with Crippen LogP contribution in [0.4, 0.5) is 0 Å². The molecule has 1 fully saturated rings. The van der Waals surface area contributed by atoms with Gasteiger partial charge in [-0.25, -0.2) is 13.2 Å². The first-order valence-electron chi connectivity index (χ1n) is 8.23. The van der Waals surface area contributed by atoms with Crippen molar-refractivity contribution in [1.82, 2.24) is 4.31 Å². The Kier molecular flexibility index (Phi) is 5.06. The zero-order valence-corrected chi connectivity index (χ0v) is 15.7. The number of rotatable bonds is 5. The molecule has 1 unspecified atom stereocenters. The fourth-order valence-corrected chi connectivity index (χ4v) is 4.70. The van der Waals surface area contributed by atoms with Gasteiger partial charge in [-0.3, -0.25) is 0 Å². The first-order valence-corrected chi connectivity index (χ1v) is 9.67. The van der Waals surface area contributed by atoms with Crippen LogP contribution in [0.5, 0.6) is 11.5 Å². The summed E-state index contributed by atoms with van der Waals surface area (Å²) in [6, 6.07) is 7.93. The molecule has 0 amide bonds. The first-order chi connectivity index (χ1) is 12.3. The molecule has 7 nitrogen and oxygen atoms in total. The van der Waals surface area contributed by atoms with Crippen molar-refractivity contribution in [3.05, 3.63) is 52.1 Å². The maximum absolute atomic E-state index is 13.0. The summed E-state index contributed by atoms with van der Waals surface area (Å²) in [7, 11) is -2.25. The SMILES string of the molecule is COc1ccc(C)cc1S(=O)(=O)N1CCC(Oc2cc(C)oc(=O)c2)C1. The fourth-order valence-electron chi connectivity index (χ4n) is 2.97. The van der Waals surface area contributed by atoms with E-state index in [9.17, 15) is 13.2 Å². The van der Waals surface area contributed by atoms with Crippen LogP contribution < -0.4 is 15.1 Å². The van der Waals surface area contributed by atoms with Gasteiger partial charge < -0.3 is 13.9 Å². The van der Waals surface area contributed by atoms with Crippen molar-refractivity contribution < 1.29 is 22.3 Å². The second kappa shape index (κ2) is 7.13. The zero-order chi connectivity index (χ0) is 18.9. The monoisotopic (exact) mass is 379 g/mol. The lowest BCUT2D eigenvalue weighted by Crippen LogP contribution is -2.31. The lowest BCUT2D eigenvalue weighted by molar-refractivity contribution is 0.213. The van der Waals surface area contributed by atoms with E-state index < -0.39 is 15.6 Å².